The summed E-state index contributed by atoms with van der Waals surface area (Å²) >= 11 is 0. The largest absolute Gasteiger partial charge is 0.335 e. The van der Waals surface area contributed by atoms with E-state index in [-0.39, 0.29) is 12.4 Å². The van der Waals surface area contributed by atoms with Crippen molar-refractivity contribution in [2.24, 2.45) is 0 Å². The lowest BCUT2D eigenvalue weighted by atomic mass is 10.2. The number of halogens is 1. The number of unbranched alkanes of at least 4 members (excludes halogenated alkanes) is 3. The lowest BCUT2D eigenvalue weighted by molar-refractivity contribution is -0.900. The number of hydrogen-bond acceptors (Lipinski definition) is 0. The topological polar surface area (TPSA) is 4.44 Å². The van der Waals surface area contributed by atoms with Crippen LogP contribution in [0, 0.1) is 0 Å². The molecule has 0 aliphatic carbocycles. The SMILES string of the molecule is CCCC[NH+](CCCC)CCCC.Cl. The second-order valence-corrected chi connectivity index (χ2v) is 4.06. The van der Waals surface area contributed by atoms with Crippen LogP contribution in [0.15, 0.2) is 0 Å². The van der Waals surface area contributed by atoms with E-state index in [2.05, 4.69) is 20.8 Å². The quantitative estimate of drug-likeness (QED) is 0.612. The Morgan fingerprint density at radius 1 is 0.643 bits per heavy atom. The second-order valence-electron chi connectivity index (χ2n) is 4.06. The molecule has 0 aromatic carbocycles. The van der Waals surface area contributed by atoms with Crippen molar-refractivity contribution < 1.29 is 4.90 Å². The van der Waals surface area contributed by atoms with Gasteiger partial charge in [0.15, 0.2) is 0 Å². The van der Waals surface area contributed by atoms with E-state index < -0.39 is 0 Å². The van der Waals surface area contributed by atoms with Gasteiger partial charge < -0.3 is 4.90 Å². The van der Waals surface area contributed by atoms with Crippen LogP contribution in [-0.4, -0.2) is 19.6 Å². The molecule has 0 fully saturated rings. The maximum atomic E-state index is 2.29. The zero-order valence-electron chi connectivity index (χ0n) is 10.3. The highest BCUT2D eigenvalue weighted by Crippen LogP contribution is 1.85. The molecule has 0 spiro atoms. The lowest BCUT2D eigenvalue weighted by Gasteiger charge is -2.18. The van der Waals surface area contributed by atoms with Gasteiger partial charge in [-0.15, -0.1) is 12.4 Å². The van der Waals surface area contributed by atoms with Crippen LogP contribution in [0.4, 0.5) is 0 Å². The van der Waals surface area contributed by atoms with Crippen molar-refractivity contribution in [3.8, 4) is 0 Å². The van der Waals surface area contributed by atoms with Crippen LogP contribution in [0.2, 0.25) is 0 Å². The summed E-state index contributed by atoms with van der Waals surface area (Å²) in [4.78, 5) is 1.84. The van der Waals surface area contributed by atoms with Gasteiger partial charge in [0.25, 0.3) is 0 Å². The average molecular weight is 223 g/mol. The molecular formula is C12H29ClN+. The summed E-state index contributed by atoms with van der Waals surface area (Å²) in [5.74, 6) is 0. The summed E-state index contributed by atoms with van der Waals surface area (Å²) in [5, 5.41) is 0. The van der Waals surface area contributed by atoms with Crippen LogP contribution in [0.5, 0.6) is 0 Å². The van der Waals surface area contributed by atoms with E-state index in [1.807, 2.05) is 4.90 Å². The molecule has 88 valence electrons. The zero-order chi connectivity index (χ0) is 9.94. The van der Waals surface area contributed by atoms with Gasteiger partial charge in [0.05, 0.1) is 19.6 Å². The molecule has 0 unspecified atom stereocenters. The first-order valence-corrected chi connectivity index (χ1v) is 6.18. The van der Waals surface area contributed by atoms with Crippen molar-refractivity contribution in [2.75, 3.05) is 19.6 Å². The van der Waals surface area contributed by atoms with E-state index in [9.17, 15) is 0 Å². The third kappa shape index (κ3) is 10.3. The standard InChI is InChI=1S/C12H27N.ClH/c1-4-7-10-13(11-8-5-2)12-9-6-3;/h4-12H2,1-3H3;1H/p+1. The van der Waals surface area contributed by atoms with Crippen LogP contribution in [0.25, 0.3) is 0 Å². The maximum absolute atomic E-state index is 2.29. The predicted molar refractivity (Wildman–Crippen MR) is 67.5 cm³/mol. The summed E-state index contributed by atoms with van der Waals surface area (Å²) in [6.45, 7) is 11.1. The van der Waals surface area contributed by atoms with Crippen LogP contribution < -0.4 is 4.90 Å². The Morgan fingerprint density at radius 3 is 1.14 bits per heavy atom. The molecule has 0 bridgehead atoms. The number of rotatable bonds is 9. The Bertz CT molecular complexity index is 77.3. The molecule has 0 aliphatic rings. The minimum atomic E-state index is 0. The predicted octanol–water partition coefficient (Wildman–Crippen LogP) is 2.69. The summed E-state index contributed by atoms with van der Waals surface area (Å²) in [6, 6.07) is 0. The Balaban J connectivity index is 0. The molecule has 0 rings (SSSR count). The van der Waals surface area contributed by atoms with Gasteiger partial charge in [-0.05, 0) is 19.3 Å². The second kappa shape index (κ2) is 13.2. The molecule has 0 radical (unpaired) electrons. The van der Waals surface area contributed by atoms with Gasteiger partial charge in [-0.25, -0.2) is 0 Å². The summed E-state index contributed by atoms with van der Waals surface area (Å²) in [7, 11) is 0. The smallest absolute Gasteiger partial charge is 0.0770 e. The van der Waals surface area contributed by atoms with Crippen molar-refractivity contribution in [3.05, 3.63) is 0 Å². The molecule has 0 atom stereocenters. The molecule has 0 aliphatic heterocycles. The highest BCUT2D eigenvalue weighted by molar-refractivity contribution is 5.85. The van der Waals surface area contributed by atoms with Gasteiger partial charge in [0.1, 0.15) is 0 Å². The number of hydrogen-bond donors (Lipinski definition) is 1. The van der Waals surface area contributed by atoms with E-state index in [0.29, 0.717) is 0 Å². The van der Waals surface area contributed by atoms with Crippen LogP contribution >= 0.6 is 12.4 Å². The Kier molecular flexibility index (Phi) is 15.8. The van der Waals surface area contributed by atoms with E-state index in [1.54, 1.807) is 0 Å². The molecule has 0 heterocycles. The van der Waals surface area contributed by atoms with Crippen molar-refractivity contribution in [1.82, 2.24) is 0 Å². The minimum absolute atomic E-state index is 0. The Labute approximate surface area is 96.7 Å². The molecule has 0 aromatic rings. The molecule has 1 nitrogen and oxygen atoms in total. The van der Waals surface area contributed by atoms with E-state index in [1.165, 1.54) is 58.2 Å². The average Bonchev–Trinajstić information content (AvgIpc) is 2.17. The third-order valence-electron chi connectivity index (χ3n) is 2.65. The Morgan fingerprint density at radius 2 is 0.929 bits per heavy atom. The maximum Gasteiger partial charge on any atom is 0.0770 e. The highest BCUT2D eigenvalue weighted by Gasteiger charge is 2.05. The molecular weight excluding hydrogens is 194 g/mol. The fraction of sp³-hybridized carbons (Fsp3) is 1.00. The third-order valence-corrected chi connectivity index (χ3v) is 2.65. The first-order chi connectivity index (χ1) is 6.35. The van der Waals surface area contributed by atoms with Gasteiger partial charge in [-0.1, -0.05) is 40.0 Å². The van der Waals surface area contributed by atoms with Gasteiger partial charge >= 0.3 is 0 Å². The summed E-state index contributed by atoms with van der Waals surface area (Å²) in [5.41, 5.74) is 0. The van der Waals surface area contributed by atoms with E-state index >= 15 is 0 Å². The van der Waals surface area contributed by atoms with Gasteiger partial charge in [-0.3, -0.25) is 0 Å². The summed E-state index contributed by atoms with van der Waals surface area (Å²) < 4.78 is 0. The molecule has 14 heavy (non-hydrogen) atoms. The first kappa shape index (κ1) is 16.7. The lowest BCUT2D eigenvalue weighted by Crippen LogP contribution is -3.12. The van der Waals surface area contributed by atoms with E-state index in [4.69, 9.17) is 0 Å². The van der Waals surface area contributed by atoms with Gasteiger partial charge in [0.2, 0.25) is 0 Å². The molecule has 0 saturated carbocycles. The van der Waals surface area contributed by atoms with Crippen LogP contribution in [0.1, 0.15) is 59.3 Å². The zero-order valence-corrected chi connectivity index (χ0v) is 11.1. The fourth-order valence-corrected chi connectivity index (χ4v) is 1.66. The molecule has 1 N–H and O–H groups in total. The van der Waals surface area contributed by atoms with Crippen molar-refractivity contribution >= 4 is 12.4 Å². The fourth-order valence-electron chi connectivity index (χ4n) is 1.66. The van der Waals surface area contributed by atoms with Crippen LogP contribution in [0.3, 0.4) is 0 Å². The molecule has 0 aromatic heterocycles. The number of quaternary nitrogens is 1. The number of nitrogens with one attached hydrogen (secondary N) is 1. The van der Waals surface area contributed by atoms with Crippen molar-refractivity contribution in [1.29, 1.82) is 0 Å². The van der Waals surface area contributed by atoms with E-state index in [0.717, 1.165) is 0 Å². The monoisotopic (exact) mass is 222 g/mol. The van der Waals surface area contributed by atoms with Crippen molar-refractivity contribution in [2.45, 2.75) is 59.3 Å². The Hall–Kier alpha value is 0.250. The first-order valence-electron chi connectivity index (χ1n) is 6.18. The molecule has 0 amide bonds. The van der Waals surface area contributed by atoms with Crippen LogP contribution in [-0.2, 0) is 0 Å². The van der Waals surface area contributed by atoms with Gasteiger partial charge in [-0.2, -0.15) is 0 Å². The summed E-state index contributed by atoms with van der Waals surface area (Å²) in [6.07, 6.45) is 8.26. The normalized spacial score (nSPS) is 10.3. The molecule has 0 saturated heterocycles. The molecule has 2 heteroatoms. The van der Waals surface area contributed by atoms with Crippen molar-refractivity contribution in [3.63, 3.8) is 0 Å². The minimum Gasteiger partial charge on any atom is -0.335 e. The highest BCUT2D eigenvalue weighted by atomic mass is 35.5. The van der Waals surface area contributed by atoms with Gasteiger partial charge in [0, 0.05) is 0 Å².